The standard InChI is InChI=1S/C20H22Cl2N4O3S/c1-11-10-25(19(27)29-20(2,3)4)5-6-26(11)18-24-14-8-12(21)7-13(16(14)28-18)17-23-9-15(22)30-17/h7-9,11H,5-6,10H2,1-4H3/t11-/m0/s1. The molecule has 1 atom stereocenters. The summed E-state index contributed by atoms with van der Waals surface area (Å²) in [5.41, 5.74) is 1.50. The molecule has 1 aliphatic heterocycles. The molecule has 7 nitrogen and oxygen atoms in total. The van der Waals surface area contributed by atoms with E-state index in [2.05, 4.69) is 9.97 Å². The number of hydrogen-bond donors (Lipinski definition) is 0. The van der Waals surface area contributed by atoms with Crippen molar-refractivity contribution in [2.75, 3.05) is 24.5 Å². The smallest absolute Gasteiger partial charge is 0.410 e. The lowest BCUT2D eigenvalue weighted by molar-refractivity contribution is 0.0216. The molecular formula is C20H22Cl2N4O3S. The van der Waals surface area contributed by atoms with Crippen molar-refractivity contribution >= 4 is 57.7 Å². The number of nitrogens with zero attached hydrogens (tertiary/aromatic N) is 4. The van der Waals surface area contributed by atoms with Crippen molar-refractivity contribution in [1.29, 1.82) is 0 Å². The normalized spacial score (nSPS) is 17.6. The van der Waals surface area contributed by atoms with Crippen molar-refractivity contribution in [2.24, 2.45) is 0 Å². The van der Waals surface area contributed by atoms with Crippen LogP contribution in [0.3, 0.4) is 0 Å². The number of aromatic nitrogens is 2. The summed E-state index contributed by atoms with van der Waals surface area (Å²) in [7, 11) is 0. The van der Waals surface area contributed by atoms with Crippen LogP contribution in [0, 0.1) is 0 Å². The number of halogens is 2. The molecular weight excluding hydrogens is 447 g/mol. The number of carbonyl (C=O) groups excluding carboxylic acids is 1. The Morgan fingerprint density at radius 2 is 2.07 bits per heavy atom. The number of benzene rings is 1. The molecule has 1 fully saturated rings. The molecule has 3 aromatic rings. The fraction of sp³-hybridized carbons (Fsp3) is 0.450. The van der Waals surface area contributed by atoms with Gasteiger partial charge in [-0.3, -0.25) is 0 Å². The molecule has 2 aromatic heterocycles. The van der Waals surface area contributed by atoms with Crippen molar-refractivity contribution in [1.82, 2.24) is 14.9 Å². The van der Waals surface area contributed by atoms with Crippen molar-refractivity contribution in [3.63, 3.8) is 0 Å². The summed E-state index contributed by atoms with van der Waals surface area (Å²) in [6.45, 7) is 9.24. The Morgan fingerprint density at radius 3 is 2.70 bits per heavy atom. The molecule has 0 saturated carbocycles. The second-order valence-corrected chi connectivity index (χ2v) is 10.3. The predicted molar refractivity (Wildman–Crippen MR) is 120 cm³/mol. The van der Waals surface area contributed by atoms with Crippen LogP contribution in [0.5, 0.6) is 0 Å². The Bertz CT molecular complexity index is 1090. The topological polar surface area (TPSA) is 71.7 Å². The van der Waals surface area contributed by atoms with Crippen LogP contribution in [0.15, 0.2) is 22.7 Å². The first-order valence-corrected chi connectivity index (χ1v) is 11.1. The van der Waals surface area contributed by atoms with E-state index in [1.807, 2.05) is 32.6 Å². The van der Waals surface area contributed by atoms with Crippen LogP contribution < -0.4 is 4.90 Å². The lowest BCUT2D eigenvalue weighted by atomic mass is 10.2. The van der Waals surface area contributed by atoms with Gasteiger partial charge in [0.2, 0.25) is 0 Å². The van der Waals surface area contributed by atoms with Gasteiger partial charge in [-0.15, -0.1) is 11.3 Å². The van der Waals surface area contributed by atoms with Crippen molar-refractivity contribution in [3.05, 3.63) is 27.7 Å². The third kappa shape index (κ3) is 4.36. The summed E-state index contributed by atoms with van der Waals surface area (Å²) in [5, 5.41) is 1.27. The average molecular weight is 469 g/mol. The van der Waals surface area contributed by atoms with Gasteiger partial charge in [0.05, 0.1) is 11.8 Å². The summed E-state index contributed by atoms with van der Waals surface area (Å²) >= 11 is 13.7. The number of thiazole rings is 1. The minimum Gasteiger partial charge on any atom is -0.444 e. The Labute approximate surface area is 188 Å². The molecule has 1 aliphatic rings. The average Bonchev–Trinajstić information content (AvgIpc) is 3.25. The van der Waals surface area contributed by atoms with E-state index >= 15 is 0 Å². The first kappa shape index (κ1) is 21.2. The van der Waals surface area contributed by atoms with Crippen molar-refractivity contribution in [2.45, 2.75) is 39.3 Å². The fourth-order valence-corrected chi connectivity index (χ4v) is 4.52. The number of fused-ring (bicyclic) bond motifs is 1. The third-order valence-electron chi connectivity index (χ3n) is 4.68. The summed E-state index contributed by atoms with van der Waals surface area (Å²) in [5.74, 6) is 0. The lowest BCUT2D eigenvalue weighted by Gasteiger charge is -2.39. The first-order chi connectivity index (χ1) is 14.1. The zero-order valence-corrected chi connectivity index (χ0v) is 19.4. The minimum absolute atomic E-state index is 0.00700. The first-order valence-electron chi connectivity index (χ1n) is 9.57. The van der Waals surface area contributed by atoms with Crippen molar-refractivity contribution in [3.8, 4) is 10.6 Å². The van der Waals surface area contributed by atoms with Gasteiger partial charge in [-0.2, -0.15) is 4.98 Å². The highest BCUT2D eigenvalue weighted by atomic mass is 35.5. The van der Waals surface area contributed by atoms with E-state index < -0.39 is 5.60 Å². The summed E-state index contributed by atoms with van der Waals surface area (Å²) in [6.07, 6.45) is 1.30. The maximum atomic E-state index is 12.4. The van der Waals surface area contributed by atoms with E-state index in [0.29, 0.717) is 46.1 Å². The third-order valence-corrected chi connectivity index (χ3v) is 6.04. The molecule has 0 aliphatic carbocycles. The molecule has 0 bridgehead atoms. The van der Waals surface area contributed by atoms with Gasteiger partial charge >= 0.3 is 6.09 Å². The molecule has 160 valence electrons. The maximum absolute atomic E-state index is 12.4. The molecule has 4 rings (SSSR count). The number of hydrogen-bond acceptors (Lipinski definition) is 7. The van der Waals surface area contributed by atoms with Crippen LogP contribution in [-0.4, -0.2) is 52.2 Å². The van der Waals surface area contributed by atoms with Crippen LogP contribution in [0.1, 0.15) is 27.7 Å². The largest absolute Gasteiger partial charge is 0.444 e. The minimum atomic E-state index is -0.522. The SMILES string of the molecule is C[C@H]1CN(C(=O)OC(C)(C)C)CCN1c1nc2cc(Cl)cc(-c3ncc(Cl)s3)c2o1. The van der Waals surface area contributed by atoms with E-state index in [1.54, 1.807) is 23.2 Å². The highest BCUT2D eigenvalue weighted by Crippen LogP contribution is 2.38. The van der Waals surface area contributed by atoms with Gasteiger partial charge in [-0.25, -0.2) is 9.78 Å². The highest BCUT2D eigenvalue weighted by molar-refractivity contribution is 7.19. The number of rotatable bonds is 2. The quantitative estimate of drug-likeness (QED) is 0.479. The highest BCUT2D eigenvalue weighted by Gasteiger charge is 2.32. The predicted octanol–water partition coefficient (Wildman–Crippen LogP) is 5.70. The maximum Gasteiger partial charge on any atom is 0.410 e. The molecule has 0 unspecified atom stereocenters. The number of oxazole rings is 1. The molecule has 0 N–H and O–H groups in total. The number of amides is 1. The fourth-order valence-electron chi connectivity index (χ4n) is 3.38. The van der Waals surface area contributed by atoms with Crippen LogP contribution in [0.4, 0.5) is 10.8 Å². The van der Waals surface area contributed by atoms with Gasteiger partial charge in [-0.05, 0) is 39.8 Å². The summed E-state index contributed by atoms with van der Waals surface area (Å²) in [6, 6.07) is 4.07. The zero-order chi connectivity index (χ0) is 21.6. The van der Waals surface area contributed by atoms with Crippen LogP contribution >= 0.6 is 34.5 Å². The van der Waals surface area contributed by atoms with Gasteiger partial charge in [0, 0.05) is 30.7 Å². The van der Waals surface area contributed by atoms with E-state index in [0.717, 1.165) is 10.6 Å². The van der Waals surface area contributed by atoms with Crippen molar-refractivity contribution < 1.29 is 13.9 Å². The second-order valence-electron chi connectivity index (χ2n) is 8.24. The molecule has 0 radical (unpaired) electrons. The molecule has 30 heavy (non-hydrogen) atoms. The number of piperazine rings is 1. The number of anilines is 1. The van der Waals surface area contributed by atoms with Gasteiger partial charge in [0.15, 0.2) is 5.58 Å². The molecule has 1 amide bonds. The van der Waals surface area contributed by atoms with E-state index in [-0.39, 0.29) is 12.1 Å². The van der Waals surface area contributed by atoms with E-state index in [9.17, 15) is 4.79 Å². The molecule has 1 saturated heterocycles. The second kappa shape index (κ2) is 7.90. The monoisotopic (exact) mass is 468 g/mol. The molecule has 0 spiro atoms. The summed E-state index contributed by atoms with van der Waals surface area (Å²) < 4.78 is 12.2. The Hall–Kier alpha value is -2.03. The van der Waals surface area contributed by atoms with Crippen LogP contribution in [0.25, 0.3) is 21.7 Å². The lowest BCUT2D eigenvalue weighted by Crippen LogP contribution is -2.54. The van der Waals surface area contributed by atoms with Crippen LogP contribution in [0.2, 0.25) is 9.36 Å². The Morgan fingerprint density at radius 1 is 1.30 bits per heavy atom. The van der Waals surface area contributed by atoms with Gasteiger partial charge in [0.25, 0.3) is 6.01 Å². The molecule has 10 heteroatoms. The van der Waals surface area contributed by atoms with Gasteiger partial charge in [-0.1, -0.05) is 23.2 Å². The molecule has 1 aromatic carbocycles. The van der Waals surface area contributed by atoms with Gasteiger partial charge in [0.1, 0.15) is 20.5 Å². The zero-order valence-electron chi connectivity index (χ0n) is 17.1. The Balaban J connectivity index is 1.59. The molecule has 3 heterocycles. The Kier molecular flexibility index (Phi) is 5.59. The number of ether oxygens (including phenoxy) is 1. The van der Waals surface area contributed by atoms with E-state index in [1.165, 1.54) is 11.3 Å². The van der Waals surface area contributed by atoms with Crippen LogP contribution in [-0.2, 0) is 4.74 Å². The number of carbonyl (C=O) groups is 1. The van der Waals surface area contributed by atoms with E-state index in [4.69, 9.17) is 32.4 Å². The summed E-state index contributed by atoms with van der Waals surface area (Å²) in [4.78, 5) is 25.2. The van der Waals surface area contributed by atoms with Gasteiger partial charge < -0.3 is 19.0 Å².